The number of aliphatic hydroxyl groups excluding tert-OH is 1. The third kappa shape index (κ3) is 5.00. The molecule has 0 radical (unpaired) electrons. The minimum Gasteiger partial charge on any atom is -0.488 e. The molecule has 0 saturated heterocycles. The molecule has 10 nitrogen and oxygen atoms in total. The van der Waals surface area contributed by atoms with E-state index in [9.17, 15) is 18.3 Å². The highest BCUT2D eigenvalue weighted by Gasteiger charge is 2.33. The van der Waals surface area contributed by atoms with Gasteiger partial charge in [0.1, 0.15) is 11.9 Å². The van der Waals surface area contributed by atoms with E-state index in [-0.39, 0.29) is 40.8 Å². The molecule has 0 spiro atoms. The Morgan fingerprint density at radius 3 is 2.74 bits per heavy atom. The Balaban J connectivity index is 2.00. The van der Waals surface area contributed by atoms with Crippen molar-refractivity contribution in [2.45, 2.75) is 31.0 Å². The van der Waals surface area contributed by atoms with Crippen molar-refractivity contribution in [2.24, 2.45) is 13.0 Å². The molecule has 31 heavy (non-hydrogen) atoms. The van der Waals surface area contributed by atoms with E-state index in [4.69, 9.17) is 4.74 Å². The molecular formula is C20H29N5O5S. The Hall–Kier alpha value is -2.63. The number of rotatable bonds is 7. The number of nitrogens with one attached hydrogen (secondary N) is 2. The van der Waals surface area contributed by atoms with Crippen molar-refractivity contribution in [3.05, 3.63) is 36.3 Å². The number of hydrogen-bond acceptors (Lipinski definition) is 7. The van der Waals surface area contributed by atoms with Crippen LogP contribution in [0.1, 0.15) is 24.2 Å². The first-order valence-electron chi connectivity index (χ1n) is 10.0. The van der Waals surface area contributed by atoms with E-state index >= 15 is 0 Å². The lowest BCUT2D eigenvalue weighted by Crippen LogP contribution is -2.49. The van der Waals surface area contributed by atoms with Crippen LogP contribution in [0.5, 0.6) is 5.75 Å². The highest BCUT2D eigenvalue weighted by atomic mass is 32.2. The van der Waals surface area contributed by atoms with Crippen LogP contribution in [0.25, 0.3) is 0 Å². The van der Waals surface area contributed by atoms with Gasteiger partial charge in [-0.05, 0) is 32.2 Å². The molecule has 2 heterocycles. The number of ether oxygens (including phenoxy) is 1. The van der Waals surface area contributed by atoms with Gasteiger partial charge < -0.3 is 24.6 Å². The molecule has 2 aromatic rings. The number of anilines is 1. The number of amides is 1. The summed E-state index contributed by atoms with van der Waals surface area (Å²) in [7, 11) is -0.416. The number of carbonyl (C=O) groups excluding carboxylic acids is 1. The van der Waals surface area contributed by atoms with Gasteiger partial charge in [-0.2, -0.15) is 8.42 Å². The number of aromatic nitrogens is 2. The smallest absolute Gasteiger partial charge is 0.280 e. The van der Waals surface area contributed by atoms with Gasteiger partial charge in [-0.3, -0.25) is 9.52 Å². The zero-order valence-electron chi connectivity index (χ0n) is 18.1. The van der Waals surface area contributed by atoms with Gasteiger partial charge in [-0.15, -0.1) is 0 Å². The van der Waals surface area contributed by atoms with Crippen LogP contribution in [0, 0.1) is 5.92 Å². The molecule has 1 aromatic heterocycles. The lowest BCUT2D eigenvalue weighted by Gasteiger charge is -2.37. The summed E-state index contributed by atoms with van der Waals surface area (Å²) in [4.78, 5) is 18.8. The fourth-order valence-electron chi connectivity index (χ4n) is 3.47. The van der Waals surface area contributed by atoms with Crippen LogP contribution in [0.15, 0.2) is 35.7 Å². The number of imidazole rings is 1. The predicted octanol–water partition coefficient (Wildman–Crippen LogP) is 0.660. The van der Waals surface area contributed by atoms with Crippen molar-refractivity contribution in [3.8, 4) is 5.75 Å². The maximum atomic E-state index is 13.3. The second-order valence-corrected chi connectivity index (χ2v) is 9.50. The molecule has 11 heteroatoms. The van der Waals surface area contributed by atoms with Gasteiger partial charge in [0, 0.05) is 37.9 Å². The Morgan fingerprint density at radius 2 is 2.13 bits per heavy atom. The number of sulfonamides is 1. The number of likely N-dealkylation sites (N-methyl/N-ethyl adjacent to an activating group) is 1. The zero-order valence-corrected chi connectivity index (χ0v) is 18.9. The third-order valence-corrected chi connectivity index (χ3v) is 6.54. The molecule has 1 aliphatic heterocycles. The number of carbonyl (C=O) groups is 1. The Morgan fingerprint density at radius 1 is 1.39 bits per heavy atom. The van der Waals surface area contributed by atoms with Crippen LogP contribution in [0.4, 0.5) is 5.69 Å². The van der Waals surface area contributed by atoms with E-state index in [1.54, 1.807) is 31.0 Å². The first kappa shape index (κ1) is 23.0. The second-order valence-electron chi connectivity index (χ2n) is 7.87. The molecule has 170 valence electrons. The Kier molecular flexibility index (Phi) is 6.87. The summed E-state index contributed by atoms with van der Waals surface area (Å²) >= 11 is 0. The number of hydrogen-bond donors (Lipinski definition) is 3. The average molecular weight is 452 g/mol. The monoisotopic (exact) mass is 451 g/mol. The van der Waals surface area contributed by atoms with E-state index in [1.807, 2.05) is 14.0 Å². The van der Waals surface area contributed by atoms with Gasteiger partial charge in [0.2, 0.25) is 0 Å². The van der Waals surface area contributed by atoms with Crippen molar-refractivity contribution in [2.75, 3.05) is 31.5 Å². The van der Waals surface area contributed by atoms with Crippen molar-refractivity contribution in [3.63, 3.8) is 0 Å². The molecule has 3 rings (SSSR count). The first-order valence-corrected chi connectivity index (χ1v) is 11.5. The summed E-state index contributed by atoms with van der Waals surface area (Å²) in [5, 5.41) is 12.6. The van der Waals surface area contributed by atoms with Crippen LogP contribution in [-0.2, 0) is 17.1 Å². The van der Waals surface area contributed by atoms with E-state index in [0.717, 1.165) is 0 Å². The highest BCUT2D eigenvalue weighted by molar-refractivity contribution is 7.92. The topological polar surface area (TPSA) is 126 Å². The fourth-order valence-corrected chi connectivity index (χ4v) is 4.50. The number of aliphatic hydroxyl groups is 1. The summed E-state index contributed by atoms with van der Waals surface area (Å²) in [6, 6.07) is 4.20. The molecule has 1 aromatic carbocycles. The Labute approximate surface area is 182 Å². The molecule has 0 bridgehead atoms. The summed E-state index contributed by atoms with van der Waals surface area (Å²) in [5.74, 6) is 0.0544. The SMILES string of the molecule is CNC[C@@H]1Oc2ccc(NS(=O)(=O)c3cn(C)cn3)cc2C(=O)N([C@@H](C)CO)C[C@@H]1C. The van der Waals surface area contributed by atoms with Crippen LogP contribution in [0.2, 0.25) is 0 Å². The van der Waals surface area contributed by atoms with E-state index in [0.29, 0.717) is 18.8 Å². The van der Waals surface area contributed by atoms with Crippen molar-refractivity contribution < 1.29 is 23.1 Å². The maximum Gasteiger partial charge on any atom is 0.280 e. The molecule has 0 fully saturated rings. The predicted molar refractivity (Wildman–Crippen MR) is 116 cm³/mol. The van der Waals surface area contributed by atoms with E-state index in [1.165, 1.54) is 23.2 Å². The highest BCUT2D eigenvalue weighted by Crippen LogP contribution is 2.31. The number of benzene rings is 1. The number of nitrogens with zero attached hydrogens (tertiary/aromatic N) is 3. The standard InChI is InChI=1S/C20H29N5O5S/c1-13-9-25(14(2)11-26)20(27)16-7-15(5-6-17(16)30-18(13)8-21-3)23-31(28,29)19-10-24(4)12-22-19/h5-7,10,12-14,18,21,23,26H,8-9,11H2,1-4H3/t13-,14-,18-/m0/s1. The van der Waals surface area contributed by atoms with Crippen molar-refractivity contribution >= 4 is 21.6 Å². The van der Waals surface area contributed by atoms with Crippen LogP contribution < -0.4 is 14.8 Å². The second kappa shape index (κ2) is 9.25. The lowest BCUT2D eigenvalue weighted by atomic mass is 9.99. The van der Waals surface area contributed by atoms with Gasteiger partial charge in [0.05, 0.1) is 24.5 Å². The molecule has 3 N–H and O–H groups in total. The van der Waals surface area contributed by atoms with Crippen molar-refractivity contribution in [1.82, 2.24) is 19.8 Å². The average Bonchev–Trinajstić information content (AvgIpc) is 3.18. The van der Waals surface area contributed by atoms with Crippen LogP contribution in [0.3, 0.4) is 0 Å². The van der Waals surface area contributed by atoms with Crippen LogP contribution >= 0.6 is 0 Å². The molecule has 0 aliphatic carbocycles. The lowest BCUT2D eigenvalue weighted by molar-refractivity contribution is 0.0416. The zero-order chi connectivity index (χ0) is 22.8. The van der Waals surface area contributed by atoms with E-state index < -0.39 is 16.1 Å². The fraction of sp³-hybridized carbons (Fsp3) is 0.500. The third-order valence-electron chi connectivity index (χ3n) is 5.28. The molecule has 3 atom stereocenters. The van der Waals surface area contributed by atoms with Gasteiger partial charge >= 0.3 is 0 Å². The van der Waals surface area contributed by atoms with E-state index in [2.05, 4.69) is 15.0 Å². The summed E-state index contributed by atoms with van der Waals surface area (Å²) < 4.78 is 35.4. The maximum absolute atomic E-state index is 13.3. The molecular weight excluding hydrogens is 422 g/mol. The van der Waals surface area contributed by atoms with Crippen LogP contribution in [-0.4, -0.2) is 72.8 Å². The number of aryl methyl sites for hydroxylation is 1. The molecule has 1 aliphatic rings. The van der Waals surface area contributed by atoms with Gasteiger partial charge in [-0.25, -0.2) is 4.98 Å². The Bertz CT molecular complexity index is 1040. The minimum absolute atomic E-state index is 0.0147. The van der Waals surface area contributed by atoms with Gasteiger partial charge in [0.25, 0.3) is 15.9 Å². The normalized spacial score (nSPS) is 20.4. The quantitative estimate of drug-likeness (QED) is 0.565. The minimum atomic E-state index is -3.91. The first-order chi connectivity index (χ1) is 14.7. The molecule has 0 unspecified atom stereocenters. The molecule has 1 amide bonds. The van der Waals surface area contributed by atoms with Crippen molar-refractivity contribution in [1.29, 1.82) is 0 Å². The van der Waals surface area contributed by atoms with Gasteiger partial charge in [-0.1, -0.05) is 6.92 Å². The summed E-state index contributed by atoms with van der Waals surface area (Å²) in [6.45, 7) is 4.55. The summed E-state index contributed by atoms with van der Waals surface area (Å²) in [6.07, 6.45) is 2.57. The molecule has 0 saturated carbocycles. The number of fused-ring (bicyclic) bond motifs is 1. The summed E-state index contributed by atoms with van der Waals surface area (Å²) in [5.41, 5.74) is 0.450. The largest absolute Gasteiger partial charge is 0.488 e. The van der Waals surface area contributed by atoms with Gasteiger partial charge in [0.15, 0.2) is 5.03 Å².